The second kappa shape index (κ2) is 4.72. The number of carboxylic acids is 1. The van der Waals surface area contributed by atoms with Crippen LogP contribution in [0.25, 0.3) is 17.0 Å². The fraction of sp³-hybridized carbons (Fsp3) is 0.0714. The Hall–Kier alpha value is -2.21. The first-order chi connectivity index (χ1) is 9.58. The summed E-state index contributed by atoms with van der Waals surface area (Å²) >= 11 is 3.54. The Morgan fingerprint density at radius 3 is 2.80 bits per heavy atom. The molecule has 1 aromatic carbocycles. The number of rotatable bonds is 2. The summed E-state index contributed by atoms with van der Waals surface area (Å²) in [5, 5.41) is 17.3. The molecule has 0 radical (unpaired) electrons. The van der Waals surface area contributed by atoms with Crippen LogP contribution in [0, 0.1) is 6.92 Å². The molecule has 0 spiro atoms. The van der Waals surface area contributed by atoms with Gasteiger partial charge < -0.3 is 5.11 Å². The maximum Gasteiger partial charge on any atom is 0.337 e. The fourth-order valence-electron chi connectivity index (χ4n) is 2.02. The lowest BCUT2D eigenvalue weighted by atomic mass is 10.1. The number of carboxylic acid groups (broad SMARTS) is 1. The Kier molecular flexibility index (Phi) is 3.02. The zero-order valence-electron chi connectivity index (χ0n) is 10.5. The van der Waals surface area contributed by atoms with Gasteiger partial charge in [0.2, 0.25) is 0 Å². The van der Waals surface area contributed by atoms with Gasteiger partial charge in [-0.1, -0.05) is 18.2 Å². The molecule has 2 heterocycles. The monoisotopic (exact) mass is 331 g/mol. The van der Waals surface area contributed by atoms with Crippen molar-refractivity contribution in [2.45, 2.75) is 6.92 Å². The first-order valence-corrected chi connectivity index (χ1v) is 6.71. The summed E-state index contributed by atoms with van der Waals surface area (Å²) in [4.78, 5) is 11.1. The highest BCUT2D eigenvalue weighted by atomic mass is 79.9. The molecule has 5 nitrogen and oxygen atoms in total. The van der Waals surface area contributed by atoms with Gasteiger partial charge >= 0.3 is 5.97 Å². The average Bonchev–Trinajstić information content (AvgIpc) is 2.84. The molecule has 0 amide bonds. The Morgan fingerprint density at radius 1 is 1.25 bits per heavy atom. The number of hydrogen-bond donors (Lipinski definition) is 1. The second-order valence-electron chi connectivity index (χ2n) is 4.41. The van der Waals surface area contributed by atoms with Crippen LogP contribution in [0.4, 0.5) is 0 Å². The maximum absolute atomic E-state index is 11.1. The number of carbonyl (C=O) groups is 1. The van der Waals surface area contributed by atoms with Crippen LogP contribution in [0.2, 0.25) is 0 Å². The molecule has 0 fully saturated rings. The maximum atomic E-state index is 11.1. The third kappa shape index (κ3) is 1.98. The van der Waals surface area contributed by atoms with Crippen molar-refractivity contribution in [1.29, 1.82) is 0 Å². The highest BCUT2D eigenvalue weighted by Gasteiger charge is 2.14. The topological polar surface area (TPSA) is 67.5 Å². The molecule has 0 aliphatic carbocycles. The standard InChI is InChI=1S/C14H10BrN3O2/c1-8-3-2-4-10(12(8)15)13-17-16-11-6-5-9(14(19)20)7-18(11)13/h2-7H,1H3,(H,19,20). The van der Waals surface area contributed by atoms with Gasteiger partial charge in [0.15, 0.2) is 11.5 Å². The number of aromatic nitrogens is 3. The smallest absolute Gasteiger partial charge is 0.337 e. The summed E-state index contributed by atoms with van der Waals surface area (Å²) in [5.74, 6) is -0.367. The summed E-state index contributed by atoms with van der Waals surface area (Å²) in [6.45, 7) is 1.99. The van der Waals surface area contributed by atoms with Crippen molar-refractivity contribution >= 4 is 27.5 Å². The van der Waals surface area contributed by atoms with E-state index in [9.17, 15) is 4.79 Å². The van der Waals surface area contributed by atoms with Gasteiger partial charge in [-0.25, -0.2) is 4.79 Å². The number of halogens is 1. The predicted molar refractivity (Wildman–Crippen MR) is 77.8 cm³/mol. The van der Waals surface area contributed by atoms with Crippen molar-refractivity contribution in [3.63, 3.8) is 0 Å². The summed E-state index contributed by atoms with van der Waals surface area (Å²) in [7, 11) is 0. The van der Waals surface area contributed by atoms with Crippen molar-refractivity contribution < 1.29 is 9.90 Å². The molecule has 0 bridgehead atoms. The van der Waals surface area contributed by atoms with E-state index in [1.54, 1.807) is 10.5 Å². The second-order valence-corrected chi connectivity index (χ2v) is 5.20. The minimum absolute atomic E-state index is 0.197. The van der Waals surface area contributed by atoms with Gasteiger partial charge in [-0.15, -0.1) is 10.2 Å². The van der Waals surface area contributed by atoms with Crippen LogP contribution in [-0.2, 0) is 0 Å². The van der Waals surface area contributed by atoms with E-state index in [0.29, 0.717) is 11.5 Å². The largest absolute Gasteiger partial charge is 0.478 e. The molecule has 3 rings (SSSR count). The molecule has 20 heavy (non-hydrogen) atoms. The predicted octanol–water partition coefficient (Wildman–Crippen LogP) is 3.17. The number of benzene rings is 1. The van der Waals surface area contributed by atoms with Crippen LogP contribution in [-0.4, -0.2) is 25.7 Å². The van der Waals surface area contributed by atoms with Crippen LogP contribution in [0.15, 0.2) is 41.0 Å². The summed E-state index contributed by atoms with van der Waals surface area (Å²) < 4.78 is 2.61. The molecule has 2 aromatic heterocycles. The van der Waals surface area contributed by atoms with Crippen LogP contribution in [0.3, 0.4) is 0 Å². The van der Waals surface area contributed by atoms with Crippen LogP contribution < -0.4 is 0 Å². The van der Waals surface area contributed by atoms with E-state index in [0.717, 1.165) is 15.6 Å². The van der Waals surface area contributed by atoms with E-state index in [1.807, 2.05) is 25.1 Å². The van der Waals surface area contributed by atoms with E-state index in [-0.39, 0.29) is 5.56 Å². The molecule has 0 aliphatic rings. The Balaban J connectivity index is 2.28. The number of aryl methyl sites for hydroxylation is 1. The highest BCUT2D eigenvalue weighted by molar-refractivity contribution is 9.10. The van der Waals surface area contributed by atoms with Gasteiger partial charge in [0.1, 0.15) is 0 Å². The highest BCUT2D eigenvalue weighted by Crippen LogP contribution is 2.29. The van der Waals surface area contributed by atoms with E-state index in [4.69, 9.17) is 5.11 Å². The minimum atomic E-state index is -0.977. The van der Waals surface area contributed by atoms with Crippen LogP contribution in [0.1, 0.15) is 15.9 Å². The molecule has 1 N–H and O–H groups in total. The number of aromatic carboxylic acids is 1. The molecular weight excluding hydrogens is 322 g/mol. The molecule has 0 saturated carbocycles. The van der Waals surface area contributed by atoms with Gasteiger partial charge in [0.05, 0.1) is 5.56 Å². The number of nitrogens with zero attached hydrogens (tertiary/aromatic N) is 3. The SMILES string of the molecule is Cc1cccc(-c2nnc3ccc(C(=O)O)cn23)c1Br. The lowest BCUT2D eigenvalue weighted by Gasteiger charge is -2.06. The molecule has 6 heteroatoms. The summed E-state index contributed by atoms with van der Waals surface area (Å²) in [5.41, 5.74) is 2.76. The van der Waals surface area contributed by atoms with Gasteiger partial charge in [-0.05, 0) is 40.5 Å². The zero-order valence-corrected chi connectivity index (χ0v) is 12.1. The molecule has 0 aliphatic heterocycles. The third-order valence-electron chi connectivity index (χ3n) is 3.08. The van der Waals surface area contributed by atoms with Gasteiger partial charge in [-0.3, -0.25) is 4.40 Å². The van der Waals surface area contributed by atoms with Crippen molar-refractivity contribution in [1.82, 2.24) is 14.6 Å². The number of hydrogen-bond acceptors (Lipinski definition) is 3. The van der Waals surface area contributed by atoms with Crippen LogP contribution >= 0.6 is 15.9 Å². The molecule has 0 unspecified atom stereocenters. The van der Waals surface area contributed by atoms with E-state index >= 15 is 0 Å². The number of pyridine rings is 1. The zero-order chi connectivity index (χ0) is 14.3. The van der Waals surface area contributed by atoms with Crippen molar-refractivity contribution in [3.05, 3.63) is 52.1 Å². The first-order valence-electron chi connectivity index (χ1n) is 5.91. The molecule has 0 saturated heterocycles. The number of fused-ring (bicyclic) bond motifs is 1. The Labute approximate surface area is 123 Å². The molecule has 3 aromatic rings. The van der Waals surface area contributed by atoms with E-state index < -0.39 is 5.97 Å². The van der Waals surface area contributed by atoms with Gasteiger partial charge in [-0.2, -0.15) is 0 Å². The van der Waals surface area contributed by atoms with Crippen molar-refractivity contribution in [2.75, 3.05) is 0 Å². The first kappa shape index (κ1) is 12.8. The third-order valence-corrected chi connectivity index (χ3v) is 4.13. The van der Waals surface area contributed by atoms with Gasteiger partial charge in [0.25, 0.3) is 0 Å². The van der Waals surface area contributed by atoms with Gasteiger partial charge in [0, 0.05) is 16.2 Å². The van der Waals surface area contributed by atoms with Crippen molar-refractivity contribution in [3.8, 4) is 11.4 Å². The van der Waals surface area contributed by atoms with E-state index in [1.165, 1.54) is 12.3 Å². The molecule has 0 atom stereocenters. The Bertz CT molecular complexity index is 826. The minimum Gasteiger partial charge on any atom is -0.478 e. The fourth-order valence-corrected chi connectivity index (χ4v) is 2.46. The quantitative estimate of drug-likeness (QED) is 0.783. The lowest BCUT2D eigenvalue weighted by molar-refractivity contribution is 0.0696. The lowest BCUT2D eigenvalue weighted by Crippen LogP contribution is -1.99. The summed E-state index contributed by atoms with van der Waals surface area (Å²) in [6, 6.07) is 8.99. The Morgan fingerprint density at radius 2 is 2.05 bits per heavy atom. The average molecular weight is 332 g/mol. The molecule has 100 valence electrons. The van der Waals surface area contributed by atoms with Crippen LogP contribution in [0.5, 0.6) is 0 Å². The summed E-state index contributed by atoms with van der Waals surface area (Å²) in [6.07, 6.45) is 1.53. The van der Waals surface area contributed by atoms with E-state index in [2.05, 4.69) is 26.1 Å². The normalized spacial score (nSPS) is 10.9. The van der Waals surface area contributed by atoms with Crippen molar-refractivity contribution in [2.24, 2.45) is 0 Å². The molecular formula is C14H10BrN3O2.